The molecular weight excluding hydrogens is 514 g/mol. The molecule has 2 N–H and O–H groups in total. The van der Waals surface area contributed by atoms with Crippen molar-refractivity contribution in [3.05, 3.63) is 108 Å². The summed E-state index contributed by atoms with van der Waals surface area (Å²) in [6.07, 6.45) is 0.675. The van der Waals surface area contributed by atoms with Gasteiger partial charge in [0, 0.05) is 54.5 Å². The highest BCUT2D eigenvalue weighted by molar-refractivity contribution is 5.79. The monoisotopic (exact) mass is 543 g/mol. The van der Waals surface area contributed by atoms with Gasteiger partial charge >= 0.3 is 5.97 Å². The molecule has 10 nitrogen and oxygen atoms in total. The first-order valence-electron chi connectivity index (χ1n) is 13.3. The zero-order valence-electron chi connectivity index (χ0n) is 22.0. The standard InChI is InChI=1S/C30H29N3O7/c1-39-27(36)12-21(22-10-18-5-2-3-6-23(18)31-30(22)38)29-28(37)25(34)11-20(40-29)16-32-13-17-9-19(15-32)24-7-4-8-26(35)33(24)14-17/h2-8,10-11,17,19,21,37H,9,12-16H2,1H3,(H,31,38)/t17-,19+,21-/m0/s1. The smallest absolute Gasteiger partial charge is 0.306 e. The minimum atomic E-state index is -1.05. The Morgan fingerprint density at radius 1 is 1.10 bits per heavy atom. The molecule has 0 unspecified atom stereocenters. The zero-order valence-corrected chi connectivity index (χ0v) is 22.0. The lowest BCUT2D eigenvalue weighted by Gasteiger charge is -2.42. The van der Waals surface area contributed by atoms with Crippen molar-refractivity contribution in [2.75, 3.05) is 20.2 Å². The summed E-state index contributed by atoms with van der Waals surface area (Å²) in [6.45, 7) is 2.33. The summed E-state index contributed by atoms with van der Waals surface area (Å²) in [4.78, 5) is 55.8. The predicted molar refractivity (Wildman–Crippen MR) is 147 cm³/mol. The number of nitrogens with one attached hydrogen (secondary N) is 1. The van der Waals surface area contributed by atoms with E-state index in [-0.39, 0.29) is 35.1 Å². The molecule has 0 amide bonds. The molecule has 2 aliphatic heterocycles. The number of rotatable bonds is 6. The molecule has 10 heteroatoms. The van der Waals surface area contributed by atoms with Crippen LogP contribution in [0.5, 0.6) is 5.75 Å². The molecule has 3 aromatic heterocycles. The number of likely N-dealkylation sites (tertiary alicyclic amines) is 1. The van der Waals surface area contributed by atoms with Crippen molar-refractivity contribution in [2.24, 2.45) is 5.92 Å². The molecule has 3 atom stereocenters. The van der Waals surface area contributed by atoms with E-state index >= 15 is 0 Å². The number of fused-ring (bicyclic) bond motifs is 5. The fourth-order valence-corrected chi connectivity index (χ4v) is 6.23. The summed E-state index contributed by atoms with van der Waals surface area (Å²) in [5.74, 6) is -1.70. The number of para-hydroxylation sites is 1. The van der Waals surface area contributed by atoms with Crippen LogP contribution in [0.3, 0.4) is 0 Å². The Hall–Kier alpha value is -4.44. The van der Waals surface area contributed by atoms with Crippen LogP contribution in [0, 0.1) is 5.92 Å². The van der Waals surface area contributed by atoms with Crippen LogP contribution in [0.2, 0.25) is 0 Å². The summed E-state index contributed by atoms with van der Waals surface area (Å²) in [6, 6.07) is 15.4. The molecule has 1 fully saturated rings. The van der Waals surface area contributed by atoms with E-state index in [1.54, 1.807) is 30.3 Å². The number of carbonyl (C=O) groups excluding carboxylic acids is 1. The van der Waals surface area contributed by atoms with Crippen LogP contribution < -0.4 is 16.5 Å². The number of esters is 1. The van der Waals surface area contributed by atoms with Gasteiger partial charge in [-0.2, -0.15) is 0 Å². The van der Waals surface area contributed by atoms with E-state index in [4.69, 9.17) is 9.15 Å². The van der Waals surface area contributed by atoms with Crippen molar-refractivity contribution < 1.29 is 19.1 Å². The van der Waals surface area contributed by atoms with Crippen LogP contribution in [0.1, 0.15) is 47.5 Å². The van der Waals surface area contributed by atoms with Gasteiger partial charge in [-0.05, 0) is 35.9 Å². The van der Waals surface area contributed by atoms with Crippen LogP contribution >= 0.6 is 0 Å². The quantitative estimate of drug-likeness (QED) is 0.355. The normalized spacial score (nSPS) is 19.2. The predicted octanol–water partition coefficient (Wildman–Crippen LogP) is 2.66. The van der Waals surface area contributed by atoms with Gasteiger partial charge in [0.05, 0.1) is 26.0 Å². The Balaban J connectivity index is 1.36. The number of ether oxygens (including phenoxy) is 1. The highest BCUT2D eigenvalue weighted by Crippen LogP contribution is 2.37. The molecule has 0 saturated carbocycles. The first-order valence-corrected chi connectivity index (χ1v) is 13.3. The third-order valence-electron chi connectivity index (χ3n) is 8.01. The number of H-pyrrole nitrogens is 1. The lowest BCUT2D eigenvalue weighted by molar-refractivity contribution is -0.140. The Bertz CT molecular complexity index is 1790. The number of nitrogens with zero attached hydrogens (tertiary/aromatic N) is 2. The van der Waals surface area contributed by atoms with Gasteiger partial charge in [-0.1, -0.05) is 24.3 Å². The number of piperidine rings is 1. The average Bonchev–Trinajstić information content (AvgIpc) is 2.94. The summed E-state index contributed by atoms with van der Waals surface area (Å²) >= 11 is 0. The van der Waals surface area contributed by atoms with Gasteiger partial charge in [0.15, 0.2) is 5.76 Å². The van der Waals surface area contributed by atoms with Gasteiger partial charge in [-0.25, -0.2) is 0 Å². The maximum atomic E-state index is 13.1. The number of aromatic hydroxyl groups is 1. The molecule has 0 radical (unpaired) electrons. The minimum Gasteiger partial charge on any atom is -0.502 e. The Morgan fingerprint density at radius 2 is 1.93 bits per heavy atom. The molecule has 0 spiro atoms. The maximum absolute atomic E-state index is 13.1. The summed E-state index contributed by atoms with van der Waals surface area (Å²) in [7, 11) is 1.23. The second kappa shape index (κ2) is 10.3. The van der Waals surface area contributed by atoms with Crippen LogP contribution in [0.25, 0.3) is 10.9 Å². The second-order valence-corrected chi connectivity index (χ2v) is 10.7. The van der Waals surface area contributed by atoms with E-state index in [0.717, 1.165) is 17.5 Å². The van der Waals surface area contributed by atoms with Crippen molar-refractivity contribution in [1.82, 2.24) is 14.5 Å². The van der Waals surface area contributed by atoms with Crippen molar-refractivity contribution in [3.63, 3.8) is 0 Å². The van der Waals surface area contributed by atoms with Crippen molar-refractivity contribution in [1.29, 1.82) is 0 Å². The van der Waals surface area contributed by atoms with E-state index in [1.165, 1.54) is 13.2 Å². The fraction of sp³-hybridized carbons (Fsp3) is 0.333. The fourth-order valence-electron chi connectivity index (χ4n) is 6.23. The lowest BCUT2D eigenvalue weighted by Crippen LogP contribution is -2.46. The number of aromatic amines is 1. The molecule has 206 valence electrons. The second-order valence-electron chi connectivity index (χ2n) is 10.7. The molecule has 6 rings (SSSR count). The highest BCUT2D eigenvalue weighted by atomic mass is 16.5. The Morgan fingerprint density at radius 3 is 2.75 bits per heavy atom. The Labute approximate surface area is 228 Å². The van der Waals surface area contributed by atoms with Gasteiger partial charge in [0.1, 0.15) is 5.76 Å². The van der Waals surface area contributed by atoms with E-state index in [2.05, 4.69) is 9.88 Å². The number of carbonyl (C=O) groups is 1. The number of pyridine rings is 2. The van der Waals surface area contributed by atoms with Crippen LogP contribution in [0.15, 0.2) is 73.4 Å². The minimum absolute atomic E-state index is 0.00940. The lowest BCUT2D eigenvalue weighted by atomic mass is 9.83. The molecule has 5 heterocycles. The highest BCUT2D eigenvalue weighted by Gasteiger charge is 2.35. The van der Waals surface area contributed by atoms with E-state index in [0.29, 0.717) is 37.5 Å². The van der Waals surface area contributed by atoms with E-state index in [9.17, 15) is 24.3 Å². The summed E-state index contributed by atoms with van der Waals surface area (Å²) < 4.78 is 12.8. The van der Waals surface area contributed by atoms with Crippen molar-refractivity contribution in [2.45, 2.75) is 37.8 Å². The molecular formula is C30H29N3O7. The first kappa shape index (κ1) is 25.8. The van der Waals surface area contributed by atoms with Crippen LogP contribution in [-0.2, 0) is 22.6 Å². The average molecular weight is 544 g/mol. The largest absolute Gasteiger partial charge is 0.502 e. The molecule has 4 aromatic rings. The molecule has 1 saturated heterocycles. The molecule has 40 heavy (non-hydrogen) atoms. The SMILES string of the molecule is COC(=O)C[C@H](c1oc(CN2C[C@@H]3C[C@H](C2)c2cccc(=O)n2C3)cc(=O)c1O)c1cc2ccccc2[nH]c1=O. The molecule has 0 aliphatic carbocycles. The third-order valence-corrected chi connectivity index (χ3v) is 8.01. The van der Waals surface area contributed by atoms with Gasteiger partial charge in [-0.3, -0.25) is 24.1 Å². The Kier molecular flexibility index (Phi) is 6.63. The van der Waals surface area contributed by atoms with Gasteiger partial charge in [0.25, 0.3) is 11.1 Å². The number of hydrogen-bond donors (Lipinski definition) is 2. The first-order chi connectivity index (χ1) is 19.3. The number of benzene rings is 1. The van der Waals surface area contributed by atoms with Gasteiger partial charge in [0.2, 0.25) is 11.2 Å². The summed E-state index contributed by atoms with van der Waals surface area (Å²) in [5.41, 5.74) is 0.696. The van der Waals surface area contributed by atoms with Crippen molar-refractivity contribution >= 4 is 16.9 Å². The topological polar surface area (TPSA) is 135 Å². The molecule has 1 aromatic carbocycles. The maximum Gasteiger partial charge on any atom is 0.306 e. The zero-order chi connectivity index (χ0) is 28.0. The number of aromatic nitrogens is 2. The van der Waals surface area contributed by atoms with Crippen LogP contribution in [-0.4, -0.2) is 45.7 Å². The number of methoxy groups -OCH3 is 1. The number of hydrogen-bond acceptors (Lipinski definition) is 8. The van der Waals surface area contributed by atoms with Crippen LogP contribution in [0.4, 0.5) is 0 Å². The summed E-state index contributed by atoms with van der Waals surface area (Å²) in [5, 5.41) is 11.5. The third kappa shape index (κ3) is 4.75. The molecule has 2 bridgehead atoms. The van der Waals surface area contributed by atoms with Gasteiger partial charge < -0.3 is 23.8 Å². The van der Waals surface area contributed by atoms with Gasteiger partial charge in [-0.15, -0.1) is 0 Å². The van der Waals surface area contributed by atoms with Crippen molar-refractivity contribution in [3.8, 4) is 5.75 Å². The molecule has 2 aliphatic rings. The van der Waals surface area contributed by atoms with E-state index in [1.807, 2.05) is 22.8 Å². The van der Waals surface area contributed by atoms with E-state index < -0.39 is 28.6 Å².